The Hall–Kier alpha value is -1.13. The summed E-state index contributed by atoms with van der Waals surface area (Å²) < 4.78 is 16.3. The number of hydrogen-bond donors (Lipinski definition) is 0. The van der Waals surface area contributed by atoms with E-state index in [0.717, 1.165) is 23.5 Å². The zero-order valence-corrected chi connectivity index (χ0v) is 13.9. The monoisotopic (exact) mass is 358 g/mol. The summed E-state index contributed by atoms with van der Waals surface area (Å²) in [5.74, 6) is 3.00. The fourth-order valence-electron chi connectivity index (χ4n) is 1.94. The molecule has 20 heavy (non-hydrogen) atoms. The lowest BCUT2D eigenvalue weighted by Crippen LogP contribution is -1.97. The molecule has 108 valence electrons. The largest absolute Gasteiger partial charge is 0.493 e. The Kier molecular flexibility index (Phi) is 5.00. The van der Waals surface area contributed by atoms with Crippen LogP contribution in [0.2, 0.25) is 5.02 Å². The van der Waals surface area contributed by atoms with Gasteiger partial charge in [0.1, 0.15) is 11.5 Å². The van der Waals surface area contributed by atoms with Crippen molar-refractivity contribution in [2.75, 3.05) is 14.2 Å². The van der Waals surface area contributed by atoms with Gasteiger partial charge in [-0.05, 0) is 23.8 Å². The van der Waals surface area contributed by atoms with Gasteiger partial charge in [0.2, 0.25) is 0 Å². The molecule has 0 N–H and O–H groups in total. The van der Waals surface area contributed by atoms with E-state index in [0.29, 0.717) is 16.5 Å². The third kappa shape index (κ3) is 2.96. The molecule has 0 aliphatic rings. The molecule has 3 nitrogen and oxygen atoms in total. The SMILES string of the molecule is CCc1ccc(C(Br)c2cc(OC)c(OC)cc2Cl)o1. The van der Waals surface area contributed by atoms with Gasteiger partial charge < -0.3 is 13.9 Å². The summed E-state index contributed by atoms with van der Waals surface area (Å²) in [7, 11) is 3.18. The summed E-state index contributed by atoms with van der Waals surface area (Å²) in [4.78, 5) is -0.130. The molecule has 1 aromatic heterocycles. The maximum atomic E-state index is 6.32. The highest BCUT2D eigenvalue weighted by atomic mass is 79.9. The second kappa shape index (κ2) is 6.55. The number of rotatable bonds is 5. The normalized spacial score (nSPS) is 12.2. The molecule has 1 aromatic carbocycles. The smallest absolute Gasteiger partial charge is 0.162 e. The van der Waals surface area contributed by atoms with Gasteiger partial charge in [0.05, 0.1) is 19.0 Å². The van der Waals surface area contributed by atoms with Crippen molar-refractivity contribution in [2.45, 2.75) is 18.2 Å². The van der Waals surface area contributed by atoms with Crippen LogP contribution in [0.25, 0.3) is 0 Å². The van der Waals surface area contributed by atoms with Crippen molar-refractivity contribution >= 4 is 27.5 Å². The minimum atomic E-state index is -0.130. The maximum absolute atomic E-state index is 6.32. The Bertz CT molecular complexity index is 595. The highest BCUT2D eigenvalue weighted by Gasteiger charge is 2.20. The molecule has 1 unspecified atom stereocenters. The molecular weight excluding hydrogens is 344 g/mol. The molecule has 0 spiro atoms. The van der Waals surface area contributed by atoms with Crippen molar-refractivity contribution in [2.24, 2.45) is 0 Å². The summed E-state index contributed by atoms with van der Waals surface area (Å²) in [5, 5.41) is 0.596. The average Bonchev–Trinajstić information content (AvgIpc) is 2.95. The number of furan rings is 1. The fourth-order valence-corrected chi connectivity index (χ4v) is 2.96. The summed E-state index contributed by atoms with van der Waals surface area (Å²) in [6.45, 7) is 2.05. The molecule has 0 aliphatic carbocycles. The highest BCUT2D eigenvalue weighted by molar-refractivity contribution is 9.09. The maximum Gasteiger partial charge on any atom is 0.162 e. The summed E-state index contributed by atoms with van der Waals surface area (Å²) in [6.07, 6.45) is 0.861. The number of hydrogen-bond acceptors (Lipinski definition) is 3. The van der Waals surface area contributed by atoms with E-state index in [4.69, 9.17) is 25.5 Å². The molecule has 2 aromatic rings. The van der Waals surface area contributed by atoms with Crippen LogP contribution >= 0.6 is 27.5 Å². The molecule has 0 amide bonds. The molecule has 0 radical (unpaired) electrons. The highest BCUT2D eigenvalue weighted by Crippen LogP contribution is 2.41. The van der Waals surface area contributed by atoms with Crippen molar-refractivity contribution in [3.8, 4) is 11.5 Å². The molecule has 0 fully saturated rings. The van der Waals surface area contributed by atoms with E-state index >= 15 is 0 Å². The topological polar surface area (TPSA) is 31.6 Å². The molecule has 5 heteroatoms. The summed E-state index contributed by atoms with van der Waals surface area (Å²) in [5.41, 5.74) is 0.876. The first-order valence-corrected chi connectivity index (χ1v) is 7.54. The van der Waals surface area contributed by atoms with Crippen LogP contribution in [-0.4, -0.2) is 14.2 Å². The predicted octanol–water partition coefficient (Wildman–Crippen LogP) is 5.00. The van der Waals surface area contributed by atoms with Gasteiger partial charge in [-0.1, -0.05) is 34.5 Å². The lowest BCUT2D eigenvalue weighted by Gasteiger charge is -2.14. The number of methoxy groups -OCH3 is 2. The molecular formula is C15H16BrClO3. The van der Waals surface area contributed by atoms with Crippen molar-refractivity contribution in [1.29, 1.82) is 0 Å². The number of ether oxygens (including phenoxy) is 2. The second-order valence-corrected chi connectivity index (χ2v) is 5.57. The summed E-state index contributed by atoms with van der Waals surface area (Å²) in [6, 6.07) is 7.52. The van der Waals surface area contributed by atoms with Crippen molar-refractivity contribution in [3.05, 3.63) is 46.4 Å². The number of benzene rings is 1. The zero-order valence-electron chi connectivity index (χ0n) is 11.6. The first-order chi connectivity index (χ1) is 9.60. The minimum absolute atomic E-state index is 0.130. The van der Waals surface area contributed by atoms with Crippen LogP contribution in [0.3, 0.4) is 0 Å². The lowest BCUT2D eigenvalue weighted by molar-refractivity contribution is 0.354. The first kappa shape index (κ1) is 15.3. The van der Waals surface area contributed by atoms with Gasteiger partial charge in [0.15, 0.2) is 11.5 Å². The van der Waals surface area contributed by atoms with E-state index in [1.807, 2.05) is 18.2 Å². The Morgan fingerprint density at radius 3 is 2.40 bits per heavy atom. The van der Waals surface area contributed by atoms with Gasteiger partial charge in [0, 0.05) is 17.5 Å². The fraction of sp³-hybridized carbons (Fsp3) is 0.333. The molecule has 0 bridgehead atoms. The number of halogens is 2. The Balaban J connectivity index is 2.40. The Morgan fingerprint density at radius 2 is 1.85 bits per heavy atom. The molecule has 0 aliphatic heterocycles. The van der Waals surface area contributed by atoms with E-state index in [2.05, 4.69) is 22.9 Å². The van der Waals surface area contributed by atoms with Gasteiger partial charge in [0.25, 0.3) is 0 Å². The van der Waals surface area contributed by atoms with Crippen LogP contribution in [0.5, 0.6) is 11.5 Å². The third-order valence-electron chi connectivity index (χ3n) is 3.06. The zero-order chi connectivity index (χ0) is 14.7. The van der Waals surface area contributed by atoms with Crippen molar-refractivity contribution in [3.63, 3.8) is 0 Å². The van der Waals surface area contributed by atoms with Crippen LogP contribution in [0.1, 0.15) is 28.8 Å². The molecule has 1 atom stereocenters. The van der Waals surface area contributed by atoms with Gasteiger partial charge in [-0.2, -0.15) is 0 Å². The van der Waals surface area contributed by atoms with Crippen LogP contribution in [0.4, 0.5) is 0 Å². The van der Waals surface area contributed by atoms with E-state index in [9.17, 15) is 0 Å². The first-order valence-electron chi connectivity index (χ1n) is 6.24. The van der Waals surface area contributed by atoms with Crippen LogP contribution in [-0.2, 0) is 6.42 Å². The average molecular weight is 360 g/mol. The number of alkyl halides is 1. The van der Waals surface area contributed by atoms with Crippen molar-refractivity contribution in [1.82, 2.24) is 0 Å². The predicted molar refractivity (Wildman–Crippen MR) is 83.4 cm³/mol. The Labute approximate surface area is 132 Å². The van der Waals surface area contributed by atoms with E-state index in [1.54, 1.807) is 20.3 Å². The number of aryl methyl sites for hydroxylation is 1. The van der Waals surface area contributed by atoms with Gasteiger partial charge in [-0.3, -0.25) is 0 Å². The standard InChI is InChI=1S/C15H16BrClO3/c1-4-9-5-6-12(20-9)15(16)10-7-13(18-2)14(19-3)8-11(10)17/h5-8,15H,4H2,1-3H3. The van der Waals surface area contributed by atoms with Crippen molar-refractivity contribution < 1.29 is 13.9 Å². The van der Waals surface area contributed by atoms with Gasteiger partial charge >= 0.3 is 0 Å². The molecule has 1 heterocycles. The summed E-state index contributed by atoms with van der Waals surface area (Å²) >= 11 is 9.94. The minimum Gasteiger partial charge on any atom is -0.493 e. The van der Waals surface area contributed by atoms with Crippen LogP contribution < -0.4 is 9.47 Å². The molecule has 0 saturated carbocycles. The quantitative estimate of drug-likeness (QED) is 0.704. The van der Waals surface area contributed by atoms with E-state index in [1.165, 1.54) is 0 Å². The lowest BCUT2D eigenvalue weighted by atomic mass is 10.1. The molecule has 0 saturated heterocycles. The molecule has 2 rings (SSSR count). The third-order valence-corrected chi connectivity index (χ3v) is 4.33. The van der Waals surface area contributed by atoms with E-state index < -0.39 is 0 Å². The van der Waals surface area contributed by atoms with Crippen LogP contribution in [0.15, 0.2) is 28.7 Å². The van der Waals surface area contributed by atoms with Crippen LogP contribution in [0, 0.1) is 0 Å². The van der Waals surface area contributed by atoms with E-state index in [-0.39, 0.29) is 4.83 Å². The second-order valence-electron chi connectivity index (χ2n) is 4.25. The van der Waals surface area contributed by atoms with Gasteiger partial charge in [-0.25, -0.2) is 0 Å². The van der Waals surface area contributed by atoms with Gasteiger partial charge in [-0.15, -0.1) is 0 Å². The Morgan fingerprint density at radius 1 is 1.20 bits per heavy atom.